The van der Waals surface area contributed by atoms with Gasteiger partial charge in [-0.1, -0.05) is 0 Å². The highest BCUT2D eigenvalue weighted by molar-refractivity contribution is 5.81. The van der Waals surface area contributed by atoms with Crippen molar-refractivity contribution in [2.24, 2.45) is 11.3 Å². The molecule has 1 aliphatic heterocycles. The SMILES string of the molecule is CC(C)(C)C(=O)ON1CCCC[C@@H]1C(=O)NN. The Balaban J connectivity index is 2.66. The van der Waals surface area contributed by atoms with Crippen LogP contribution in [-0.2, 0) is 14.4 Å². The number of amides is 1. The Bertz CT molecular complexity index is 299. The Labute approximate surface area is 101 Å². The lowest BCUT2D eigenvalue weighted by Gasteiger charge is -2.33. The van der Waals surface area contributed by atoms with Crippen molar-refractivity contribution in [3.8, 4) is 0 Å². The molecule has 0 bridgehead atoms. The molecule has 0 unspecified atom stereocenters. The van der Waals surface area contributed by atoms with Gasteiger partial charge in [-0.25, -0.2) is 10.6 Å². The Morgan fingerprint density at radius 2 is 2.00 bits per heavy atom. The lowest BCUT2D eigenvalue weighted by atomic mass is 9.97. The van der Waals surface area contributed by atoms with E-state index in [1.165, 1.54) is 5.06 Å². The summed E-state index contributed by atoms with van der Waals surface area (Å²) in [5, 5.41) is 1.44. The van der Waals surface area contributed by atoms with Crippen LogP contribution in [0.5, 0.6) is 0 Å². The van der Waals surface area contributed by atoms with Crippen molar-refractivity contribution in [1.82, 2.24) is 10.5 Å². The third kappa shape index (κ3) is 3.67. The van der Waals surface area contributed by atoms with Crippen molar-refractivity contribution in [2.45, 2.75) is 46.1 Å². The van der Waals surface area contributed by atoms with Crippen LogP contribution >= 0.6 is 0 Å². The van der Waals surface area contributed by atoms with Gasteiger partial charge in [-0.15, -0.1) is 5.06 Å². The summed E-state index contributed by atoms with van der Waals surface area (Å²) >= 11 is 0. The summed E-state index contributed by atoms with van der Waals surface area (Å²) in [5.74, 6) is 4.46. The van der Waals surface area contributed by atoms with Gasteiger partial charge in [-0.3, -0.25) is 10.2 Å². The first-order valence-corrected chi connectivity index (χ1v) is 5.85. The summed E-state index contributed by atoms with van der Waals surface area (Å²) < 4.78 is 0. The molecule has 6 nitrogen and oxygen atoms in total. The quantitative estimate of drug-likeness (QED) is 0.415. The second kappa shape index (κ2) is 5.46. The summed E-state index contributed by atoms with van der Waals surface area (Å²) in [6.07, 6.45) is 2.49. The largest absolute Gasteiger partial charge is 0.367 e. The number of carbonyl (C=O) groups is 2. The van der Waals surface area contributed by atoms with Crippen LogP contribution in [0.1, 0.15) is 40.0 Å². The molecule has 1 amide bonds. The summed E-state index contributed by atoms with van der Waals surface area (Å²) in [5.41, 5.74) is 1.52. The van der Waals surface area contributed by atoms with Crippen LogP contribution in [0.4, 0.5) is 0 Å². The van der Waals surface area contributed by atoms with Gasteiger partial charge in [0, 0.05) is 6.54 Å². The minimum atomic E-state index is -0.582. The van der Waals surface area contributed by atoms with Gasteiger partial charge in [-0.2, -0.15) is 0 Å². The minimum absolute atomic E-state index is 0.314. The van der Waals surface area contributed by atoms with E-state index in [0.29, 0.717) is 13.0 Å². The molecule has 0 saturated carbocycles. The van der Waals surface area contributed by atoms with E-state index < -0.39 is 11.5 Å². The first-order chi connectivity index (χ1) is 7.86. The predicted octanol–water partition coefficient (Wildman–Crippen LogP) is 0.335. The second-order valence-electron chi connectivity index (χ2n) is 5.29. The number of hydrogen-bond donors (Lipinski definition) is 2. The van der Waals surface area contributed by atoms with Crippen molar-refractivity contribution in [3.63, 3.8) is 0 Å². The molecule has 0 radical (unpaired) electrons. The maximum Gasteiger partial charge on any atom is 0.330 e. The average molecular weight is 243 g/mol. The molecule has 3 N–H and O–H groups in total. The number of hydrogen-bond acceptors (Lipinski definition) is 5. The summed E-state index contributed by atoms with van der Waals surface area (Å²) in [6, 6.07) is -0.472. The van der Waals surface area contributed by atoms with Crippen molar-refractivity contribution >= 4 is 11.9 Å². The van der Waals surface area contributed by atoms with Crippen LogP contribution in [0.3, 0.4) is 0 Å². The number of nitrogens with two attached hydrogens (primary N) is 1. The van der Waals surface area contributed by atoms with Crippen molar-refractivity contribution in [1.29, 1.82) is 0 Å². The molecular formula is C11H21N3O3. The zero-order chi connectivity index (χ0) is 13.1. The molecule has 98 valence electrons. The van der Waals surface area contributed by atoms with Crippen molar-refractivity contribution in [3.05, 3.63) is 0 Å². The van der Waals surface area contributed by atoms with E-state index in [-0.39, 0.29) is 11.9 Å². The molecule has 0 aromatic heterocycles. The molecule has 1 saturated heterocycles. The first-order valence-electron chi connectivity index (χ1n) is 5.85. The summed E-state index contributed by atoms with van der Waals surface area (Å²) in [6.45, 7) is 5.89. The Kier molecular flexibility index (Phi) is 4.47. The molecule has 0 aromatic carbocycles. The van der Waals surface area contributed by atoms with E-state index in [0.717, 1.165) is 12.8 Å². The minimum Gasteiger partial charge on any atom is -0.367 e. The highest BCUT2D eigenvalue weighted by atomic mass is 16.7. The number of hydrazine groups is 1. The molecule has 1 aliphatic rings. The van der Waals surface area contributed by atoms with Crippen LogP contribution in [0.25, 0.3) is 0 Å². The predicted molar refractivity (Wildman–Crippen MR) is 62.2 cm³/mol. The number of piperidine rings is 1. The van der Waals surface area contributed by atoms with Gasteiger partial charge in [0.15, 0.2) is 0 Å². The molecule has 0 spiro atoms. The van der Waals surface area contributed by atoms with Gasteiger partial charge < -0.3 is 4.84 Å². The zero-order valence-corrected chi connectivity index (χ0v) is 10.7. The van der Waals surface area contributed by atoms with E-state index in [2.05, 4.69) is 5.43 Å². The maximum atomic E-state index is 11.8. The Hall–Kier alpha value is -1.14. The fourth-order valence-corrected chi connectivity index (χ4v) is 1.62. The molecule has 1 heterocycles. The van der Waals surface area contributed by atoms with E-state index >= 15 is 0 Å². The standard InChI is InChI=1S/C11H21N3O3/c1-11(2,3)10(16)17-14-7-5-4-6-8(14)9(15)13-12/h8H,4-7,12H2,1-3H3,(H,13,15)/t8-/m1/s1. The van der Waals surface area contributed by atoms with E-state index in [1.807, 2.05) is 0 Å². The molecule has 0 aromatic rings. The summed E-state index contributed by atoms with van der Waals surface area (Å²) in [7, 11) is 0. The number of hydroxylamine groups is 2. The third-order valence-electron chi connectivity index (χ3n) is 2.71. The number of carbonyl (C=O) groups excluding carboxylic acids is 2. The second-order valence-corrected chi connectivity index (χ2v) is 5.29. The fraction of sp³-hybridized carbons (Fsp3) is 0.818. The highest BCUT2D eigenvalue weighted by Gasteiger charge is 2.34. The molecule has 6 heteroatoms. The Morgan fingerprint density at radius 1 is 1.35 bits per heavy atom. The van der Waals surface area contributed by atoms with Crippen LogP contribution in [0.2, 0.25) is 0 Å². The number of nitrogens with zero attached hydrogens (tertiary/aromatic N) is 1. The molecule has 0 aliphatic carbocycles. The zero-order valence-electron chi connectivity index (χ0n) is 10.7. The van der Waals surface area contributed by atoms with Crippen LogP contribution in [0, 0.1) is 5.41 Å². The monoisotopic (exact) mass is 243 g/mol. The molecular weight excluding hydrogens is 222 g/mol. The van der Waals surface area contributed by atoms with Crippen LogP contribution < -0.4 is 11.3 Å². The van der Waals surface area contributed by atoms with Gasteiger partial charge in [0.1, 0.15) is 6.04 Å². The van der Waals surface area contributed by atoms with E-state index in [9.17, 15) is 9.59 Å². The normalized spacial score (nSPS) is 22.0. The average Bonchev–Trinajstić information content (AvgIpc) is 2.27. The van der Waals surface area contributed by atoms with Crippen molar-refractivity contribution < 1.29 is 14.4 Å². The van der Waals surface area contributed by atoms with Gasteiger partial charge in [0.25, 0.3) is 5.91 Å². The molecule has 1 rings (SSSR count). The highest BCUT2D eigenvalue weighted by Crippen LogP contribution is 2.21. The van der Waals surface area contributed by atoms with Gasteiger partial charge >= 0.3 is 5.97 Å². The van der Waals surface area contributed by atoms with Crippen LogP contribution in [-0.4, -0.2) is 29.5 Å². The number of nitrogens with one attached hydrogen (secondary N) is 1. The smallest absolute Gasteiger partial charge is 0.330 e. The van der Waals surface area contributed by atoms with Gasteiger partial charge in [0.05, 0.1) is 5.41 Å². The Morgan fingerprint density at radius 3 is 2.53 bits per heavy atom. The van der Waals surface area contributed by atoms with Gasteiger partial charge in [-0.05, 0) is 40.0 Å². The number of rotatable bonds is 2. The van der Waals surface area contributed by atoms with Crippen molar-refractivity contribution in [2.75, 3.05) is 6.54 Å². The fourth-order valence-electron chi connectivity index (χ4n) is 1.62. The summed E-state index contributed by atoms with van der Waals surface area (Å²) in [4.78, 5) is 28.6. The third-order valence-corrected chi connectivity index (χ3v) is 2.71. The molecule has 1 atom stereocenters. The lowest BCUT2D eigenvalue weighted by Crippen LogP contribution is -2.52. The molecule has 1 fully saturated rings. The topological polar surface area (TPSA) is 84.7 Å². The first kappa shape index (κ1) is 13.9. The van der Waals surface area contributed by atoms with Crippen LogP contribution in [0.15, 0.2) is 0 Å². The van der Waals surface area contributed by atoms with E-state index in [4.69, 9.17) is 10.7 Å². The van der Waals surface area contributed by atoms with Gasteiger partial charge in [0.2, 0.25) is 0 Å². The lowest BCUT2D eigenvalue weighted by molar-refractivity contribution is -0.216. The van der Waals surface area contributed by atoms with E-state index in [1.54, 1.807) is 20.8 Å². The molecule has 17 heavy (non-hydrogen) atoms. The maximum absolute atomic E-state index is 11.8.